The molecule has 1 fully saturated rings. The fourth-order valence-corrected chi connectivity index (χ4v) is 3.58. The number of aryl methyl sites for hydroxylation is 1. The molecule has 6 nitrogen and oxygen atoms in total. The van der Waals surface area contributed by atoms with Crippen LogP contribution in [-0.4, -0.2) is 22.9 Å². The van der Waals surface area contributed by atoms with E-state index in [0.29, 0.717) is 24.7 Å². The Morgan fingerprint density at radius 3 is 2.64 bits per heavy atom. The van der Waals surface area contributed by atoms with Crippen LogP contribution in [0, 0.1) is 5.92 Å². The van der Waals surface area contributed by atoms with Gasteiger partial charge in [-0.05, 0) is 37.0 Å². The number of pyridine rings is 1. The van der Waals surface area contributed by atoms with Crippen molar-refractivity contribution in [3.63, 3.8) is 0 Å². The Bertz CT molecular complexity index is 935. The first kappa shape index (κ1) is 19.9. The van der Waals surface area contributed by atoms with E-state index in [1.165, 1.54) is 10.6 Å². The Kier molecular flexibility index (Phi) is 5.97. The highest BCUT2D eigenvalue weighted by Gasteiger charge is 2.36. The van der Waals surface area contributed by atoms with Gasteiger partial charge in [0.1, 0.15) is 0 Å². The van der Waals surface area contributed by atoms with Crippen molar-refractivity contribution >= 4 is 23.2 Å². The van der Waals surface area contributed by atoms with Crippen LogP contribution >= 0.6 is 0 Å². The minimum atomic E-state index is -0.417. The Morgan fingerprint density at radius 2 is 1.93 bits per heavy atom. The molecular formula is C22H27N3O3. The molecule has 1 saturated heterocycles. The highest BCUT2D eigenvalue weighted by Crippen LogP contribution is 2.33. The van der Waals surface area contributed by atoms with Crippen molar-refractivity contribution in [2.24, 2.45) is 5.92 Å². The lowest BCUT2D eigenvalue weighted by atomic mass is 9.96. The third-order valence-electron chi connectivity index (χ3n) is 5.46. The zero-order valence-corrected chi connectivity index (χ0v) is 16.6. The van der Waals surface area contributed by atoms with Gasteiger partial charge in [0.2, 0.25) is 11.8 Å². The predicted octanol–water partition coefficient (Wildman–Crippen LogP) is 3.37. The number of nitrogens with zero attached hydrogens (tertiary/aromatic N) is 2. The fourth-order valence-electron chi connectivity index (χ4n) is 3.58. The van der Waals surface area contributed by atoms with Crippen LogP contribution in [0.5, 0.6) is 0 Å². The third kappa shape index (κ3) is 4.01. The number of rotatable bonds is 6. The average molecular weight is 381 g/mol. The monoisotopic (exact) mass is 381 g/mol. The number of anilines is 2. The molecule has 3 rings (SSSR count). The van der Waals surface area contributed by atoms with Gasteiger partial charge in [0.25, 0.3) is 5.56 Å². The number of hydrogen-bond donors (Lipinski definition) is 1. The molecule has 0 radical (unpaired) electrons. The quantitative estimate of drug-likeness (QED) is 0.834. The van der Waals surface area contributed by atoms with Crippen LogP contribution in [0.1, 0.15) is 45.1 Å². The molecular weight excluding hydrogens is 354 g/mol. The molecule has 1 N–H and O–H groups in total. The van der Waals surface area contributed by atoms with E-state index in [1.54, 1.807) is 17.2 Å². The molecule has 6 heteroatoms. The van der Waals surface area contributed by atoms with Gasteiger partial charge < -0.3 is 14.8 Å². The van der Waals surface area contributed by atoms with Crippen molar-refractivity contribution < 1.29 is 9.59 Å². The summed E-state index contributed by atoms with van der Waals surface area (Å²) in [6, 6.07) is 11.0. The predicted molar refractivity (Wildman–Crippen MR) is 111 cm³/mol. The largest absolute Gasteiger partial charge is 0.324 e. The van der Waals surface area contributed by atoms with Crippen LogP contribution in [0.4, 0.5) is 11.4 Å². The first-order valence-corrected chi connectivity index (χ1v) is 9.85. The summed E-state index contributed by atoms with van der Waals surface area (Å²) in [5.41, 5.74) is 2.49. The maximum atomic E-state index is 12.7. The maximum absolute atomic E-state index is 12.7. The van der Waals surface area contributed by atoms with Crippen LogP contribution in [0.25, 0.3) is 0 Å². The van der Waals surface area contributed by atoms with Crippen LogP contribution < -0.4 is 15.8 Å². The second-order valence-corrected chi connectivity index (χ2v) is 7.30. The smallest absolute Gasteiger partial charge is 0.250 e. The number of para-hydroxylation sites is 1. The maximum Gasteiger partial charge on any atom is 0.250 e. The minimum absolute atomic E-state index is 0.0329. The van der Waals surface area contributed by atoms with E-state index in [9.17, 15) is 14.4 Å². The summed E-state index contributed by atoms with van der Waals surface area (Å²) >= 11 is 0. The first-order valence-electron chi connectivity index (χ1n) is 9.85. The third-order valence-corrected chi connectivity index (χ3v) is 5.46. The summed E-state index contributed by atoms with van der Waals surface area (Å²) in [7, 11) is 0. The Balaban J connectivity index is 1.76. The normalized spacial score (nSPS) is 17.6. The van der Waals surface area contributed by atoms with Gasteiger partial charge in [0.05, 0.1) is 11.6 Å². The summed E-state index contributed by atoms with van der Waals surface area (Å²) in [4.78, 5) is 38.8. The summed E-state index contributed by atoms with van der Waals surface area (Å²) < 4.78 is 1.53. The molecule has 1 aromatic heterocycles. The molecule has 1 aliphatic rings. The van der Waals surface area contributed by atoms with Crippen LogP contribution in [0.2, 0.25) is 0 Å². The standard InChI is InChI=1S/C22H27N3O3/c1-4-15(3)18-8-6-7-9-19(18)25-13-16(12-21(25)27)22(28)23-17-10-11-20(26)24(5-2)14-17/h6-11,14-16H,4-5,12-13H2,1-3H3,(H,23,28). The Hall–Kier alpha value is -2.89. The van der Waals surface area contributed by atoms with E-state index in [1.807, 2.05) is 25.1 Å². The molecule has 0 saturated carbocycles. The lowest BCUT2D eigenvalue weighted by Crippen LogP contribution is -2.29. The van der Waals surface area contributed by atoms with E-state index >= 15 is 0 Å². The average Bonchev–Trinajstić information content (AvgIpc) is 3.10. The SMILES string of the molecule is CCC(C)c1ccccc1N1CC(C(=O)Nc2ccc(=O)n(CC)c2)CC1=O. The van der Waals surface area contributed by atoms with E-state index in [-0.39, 0.29) is 23.8 Å². The second kappa shape index (κ2) is 8.42. The topological polar surface area (TPSA) is 71.4 Å². The molecule has 2 heterocycles. The zero-order valence-electron chi connectivity index (χ0n) is 16.6. The molecule has 1 aliphatic heterocycles. The number of hydrogen-bond acceptors (Lipinski definition) is 3. The lowest BCUT2D eigenvalue weighted by Gasteiger charge is -2.23. The Morgan fingerprint density at radius 1 is 1.18 bits per heavy atom. The summed E-state index contributed by atoms with van der Waals surface area (Å²) in [6.45, 7) is 7.04. The van der Waals surface area contributed by atoms with Crippen LogP contribution in [-0.2, 0) is 16.1 Å². The van der Waals surface area contributed by atoms with E-state index in [0.717, 1.165) is 17.7 Å². The van der Waals surface area contributed by atoms with Gasteiger partial charge in [-0.3, -0.25) is 14.4 Å². The zero-order chi connectivity index (χ0) is 20.3. The summed E-state index contributed by atoms with van der Waals surface area (Å²) in [6.07, 6.45) is 2.80. The van der Waals surface area contributed by atoms with Crippen LogP contribution in [0.15, 0.2) is 47.4 Å². The summed E-state index contributed by atoms with van der Waals surface area (Å²) in [5, 5.41) is 2.85. The van der Waals surface area contributed by atoms with Gasteiger partial charge in [-0.15, -0.1) is 0 Å². The van der Waals surface area contributed by atoms with Crippen molar-refractivity contribution in [1.29, 1.82) is 0 Å². The number of carbonyl (C=O) groups is 2. The van der Waals surface area contributed by atoms with E-state index < -0.39 is 5.92 Å². The molecule has 2 atom stereocenters. The van der Waals surface area contributed by atoms with Gasteiger partial charge >= 0.3 is 0 Å². The van der Waals surface area contributed by atoms with E-state index in [4.69, 9.17) is 0 Å². The molecule has 0 bridgehead atoms. The van der Waals surface area contributed by atoms with E-state index in [2.05, 4.69) is 25.2 Å². The first-order chi connectivity index (χ1) is 13.4. The van der Waals surface area contributed by atoms with Crippen LogP contribution in [0.3, 0.4) is 0 Å². The number of amides is 2. The van der Waals surface area contributed by atoms with Gasteiger partial charge in [-0.1, -0.05) is 32.0 Å². The van der Waals surface area contributed by atoms with Gasteiger partial charge in [0.15, 0.2) is 0 Å². The molecule has 2 aromatic rings. The number of aromatic nitrogens is 1. The lowest BCUT2D eigenvalue weighted by molar-refractivity contribution is -0.122. The van der Waals surface area contributed by atoms with Gasteiger partial charge in [0, 0.05) is 37.5 Å². The fraction of sp³-hybridized carbons (Fsp3) is 0.409. The van der Waals surface area contributed by atoms with Crippen molar-refractivity contribution in [1.82, 2.24) is 4.57 Å². The molecule has 1 aromatic carbocycles. The van der Waals surface area contributed by atoms with Crippen molar-refractivity contribution in [2.45, 2.75) is 46.1 Å². The van der Waals surface area contributed by atoms with Gasteiger partial charge in [-0.2, -0.15) is 0 Å². The molecule has 0 spiro atoms. The van der Waals surface area contributed by atoms with Crippen molar-refractivity contribution in [2.75, 3.05) is 16.8 Å². The second-order valence-electron chi connectivity index (χ2n) is 7.30. The minimum Gasteiger partial charge on any atom is -0.324 e. The molecule has 2 amide bonds. The van der Waals surface area contributed by atoms with Gasteiger partial charge in [-0.25, -0.2) is 0 Å². The van der Waals surface area contributed by atoms with Crippen molar-refractivity contribution in [3.8, 4) is 0 Å². The number of carbonyl (C=O) groups excluding carboxylic acids is 2. The molecule has 148 valence electrons. The number of benzene rings is 1. The number of nitrogens with one attached hydrogen (secondary N) is 1. The summed E-state index contributed by atoms with van der Waals surface area (Å²) in [5.74, 6) is -0.306. The highest BCUT2D eigenvalue weighted by molar-refractivity contribution is 6.03. The molecule has 2 unspecified atom stereocenters. The van der Waals surface area contributed by atoms with Crippen molar-refractivity contribution in [3.05, 3.63) is 58.5 Å². The molecule has 0 aliphatic carbocycles. The Labute approximate surface area is 165 Å². The highest BCUT2D eigenvalue weighted by atomic mass is 16.2. The molecule has 28 heavy (non-hydrogen) atoms.